The number of hydrogen-bond acceptors (Lipinski definition) is 3. The van der Waals surface area contributed by atoms with Gasteiger partial charge in [-0.1, -0.05) is 25.1 Å². The van der Waals surface area contributed by atoms with E-state index in [9.17, 15) is 0 Å². The summed E-state index contributed by atoms with van der Waals surface area (Å²) in [4.78, 5) is 11.6. The Hall–Kier alpha value is -3.51. The van der Waals surface area contributed by atoms with Crippen LogP contribution in [0.25, 0.3) is 5.82 Å². The number of nitrogens with one attached hydrogen (secondary N) is 1. The zero-order valence-electron chi connectivity index (χ0n) is 20.0. The van der Waals surface area contributed by atoms with Crippen LogP contribution in [0.1, 0.15) is 52.8 Å². The summed E-state index contributed by atoms with van der Waals surface area (Å²) in [5.41, 5.74) is 8.06. The van der Waals surface area contributed by atoms with Crippen molar-refractivity contribution in [2.75, 3.05) is 4.90 Å². The SMILES string of the molecule is CCc1ccc(N2C(=S)NC(c3ccccn3)C2c2cc(C)n(-c3cc(C)ccn3)c2C)cc1. The molecule has 0 amide bonds. The Bertz CT molecular complexity index is 1330. The van der Waals surface area contributed by atoms with Gasteiger partial charge in [-0.3, -0.25) is 4.98 Å². The molecule has 6 heteroatoms. The van der Waals surface area contributed by atoms with Crippen LogP contribution in [0.2, 0.25) is 0 Å². The molecule has 2 atom stereocenters. The normalized spacial score (nSPS) is 17.8. The molecule has 3 aromatic heterocycles. The van der Waals surface area contributed by atoms with Gasteiger partial charge in [-0.25, -0.2) is 4.98 Å². The fourth-order valence-corrected chi connectivity index (χ4v) is 5.27. The van der Waals surface area contributed by atoms with Crippen molar-refractivity contribution in [3.63, 3.8) is 0 Å². The molecular formula is C28H29N5S. The van der Waals surface area contributed by atoms with E-state index in [2.05, 4.69) is 94.9 Å². The molecule has 0 bridgehead atoms. The second-order valence-electron chi connectivity index (χ2n) is 8.87. The lowest BCUT2D eigenvalue weighted by Gasteiger charge is -2.28. The highest BCUT2D eigenvalue weighted by Crippen LogP contribution is 2.43. The maximum absolute atomic E-state index is 5.90. The summed E-state index contributed by atoms with van der Waals surface area (Å²) in [6.07, 6.45) is 4.72. The lowest BCUT2D eigenvalue weighted by Crippen LogP contribution is -2.29. The molecule has 2 unspecified atom stereocenters. The molecule has 4 heterocycles. The summed E-state index contributed by atoms with van der Waals surface area (Å²) < 4.78 is 2.23. The van der Waals surface area contributed by atoms with Gasteiger partial charge in [0.25, 0.3) is 0 Å². The molecule has 1 saturated heterocycles. The third kappa shape index (κ3) is 3.88. The van der Waals surface area contributed by atoms with Gasteiger partial charge in [0, 0.05) is 29.5 Å². The molecule has 4 aromatic rings. The predicted molar refractivity (Wildman–Crippen MR) is 142 cm³/mol. The van der Waals surface area contributed by atoms with E-state index in [-0.39, 0.29) is 12.1 Å². The van der Waals surface area contributed by atoms with Crippen molar-refractivity contribution in [1.82, 2.24) is 19.9 Å². The molecule has 5 rings (SSSR count). The molecule has 1 fully saturated rings. The van der Waals surface area contributed by atoms with E-state index in [0.717, 1.165) is 35.0 Å². The fraction of sp³-hybridized carbons (Fsp3) is 0.250. The lowest BCUT2D eigenvalue weighted by molar-refractivity contribution is 0.565. The van der Waals surface area contributed by atoms with Gasteiger partial charge < -0.3 is 14.8 Å². The predicted octanol–water partition coefficient (Wildman–Crippen LogP) is 5.93. The molecule has 0 saturated carbocycles. The summed E-state index contributed by atoms with van der Waals surface area (Å²) in [6, 6.07) is 21.1. The van der Waals surface area contributed by atoms with E-state index in [1.54, 1.807) is 0 Å². The van der Waals surface area contributed by atoms with Crippen molar-refractivity contribution >= 4 is 23.0 Å². The Balaban J connectivity index is 1.67. The molecule has 1 aromatic carbocycles. The van der Waals surface area contributed by atoms with Gasteiger partial charge in [0.1, 0.15) is 5.82 Å². The van der Waals surface area contributed by atoms with Crippen LogP contribution in [0.4, 0.5) is 5.69 Å². The largest absolute Gasteiger partial charge is 0.351 e. The van der Waals surface area contributed by atoms with Crippen molar-refractivity contribution in [2.45, 2.75) is 46.2 Å². The van der Waals surface area contributed by atoms with Crippen LogP contribution < -0.4 is 10.2 Å². The molecule has 34 heavy (non-hydrogen) atoms. The molecule has 1 aliphatic rings. The summed E-state index contributed by atoms with van der Waals surface area (Å²) in [6.45, 7) is 8.57. The fourth-order valence-electron chi connectivity index (χ4n) is 4.92. The second-order valence-corrected chi connectivity index (χ2v) is 9.26. The zero-order chi connectivity index (χ0) is 23.8. The topological polar surface area (TPSA) is 46.0 Å². The quantitative estimate of drug-likeness (QED) is 0.369. The van der Waals surface area contributed by atoms with Crippen molar-refractivity contribution < 1.29 is 0 Å². The van der Waals surface area contributed by atoms with Gasteiger partial charge in [0.2, 0.25) is 0 Å². The molecule has 172 valence electrons. The standard InChI is InChI=1S/C28H29N5S/c1-5-21-9-11-22(12-10-21)33-27(26(31-28(33)34)24-8-6-7-14-29-24)23-17-19(3)32(20(23)4)25-16-18(2)13-15-30-25/h6-17,26-27H,5H2,1-4H3,(H,31,34). The van der Waals surface area contributed by atoms with Gasteiger partial charge in [0.05, 0.1) is 17.8 Å². The maximum atomic E-state index is 5.90. The van der Waals surface area contributed by atoms with E-state index in [0.29, 0.717) is 5.11 Å². The van der Waals surface area contributed by atoms with Gasteiger partial charge in [-0.2, -0.15) is 0 Å². The first-order valence-electron chi connectivity index (χ1n) is 11.7. The van der Waals surface area contributed by atoms with Crippen LogP contribution in [0.3, 0.4) is 0 Å². The van der Waals surface area contributed by atoms with Crippen molar-refractivity contribution in [3.8, 4) is 5.82 Å². The number of anilines is 1. The molecule has 1 aliphatic heterocycles. The van der Waals surface area contributed by atoms with E-state index in [1.165, 1.54) is 16.7 Å². The summed E-state index contributed by atoms with van der Waals surface area (Å²) >= 11 is 5.90. The van der Waals surface area contributed by atoms with Crippen LogP contribution in [0.5, 0.6) is 0 Å². The van der Waals surface area contributed by atoms with E-state index in [1.807, 2.05) is 30.6 Å². The highest BCUT2D eigenvalue weighted by atomic mass is 32.1. The minimum Gasteiger partial charge on any atom is -0.351 e. The van der Waals surface area contributed by atoms with E-state index < -0.39 is 0 Å². The van der Waals surface area contributed by atoms with Crippen molar-refractivity contribution in [1.29, 1.82) is 0 Å². The van der Waals surface area contributed by atoms with Crippen LogP contribution in [-0.2, 0) is 6.42 Å². The average Bonchev–Trinajstić information content (AvgIpc) is 3.34. The number of thiocarbonyl (C=S) groups is 1. The van der Waals surface area contributed by atoms with Crippen molar-refractivity contribution in [3.05, 3.63) is 107 Å². The summed E-state index contributed by atoms with van der Waals surface area (Å²) in [5.74, 6) is 0.933. The third-order valence-electron chi connectivity index (χ3n) is 6.64. The number of nitrogens with zero attached hydrogens (tertiary/aromatic N) is 4. The number of aryl methyl sites for hydroxylation is 3. The smallest absolute Gasteiger partial charge is 0.174 e. The lowest BCUT2D eigenvalue weighted by atomic mass is 9.96. The van der Waals surface area contributed by atoms with Crippen LogP contribution in [0.15, 0.2) is 73.1 Å². The molecule has 0 spiro atoms. The van der Waals surface area contributed by atoms with E-state index >= 15 is 0 Å². The molecule has 0 radical (unpaired) electrons. The maximum Gasteiger partial charge on any atom is 0.174 e. The molecule has 0 aliphatic carbocycles. The van der Waals surface area contributed by atoms with Crippen molar-refractivity contribution in [2.24, 2.45) is 0 Å². The summed E-state index contributed by atoms with van der Waals surface area (Å²) in [7, 11) is 0. The third-order valence-corrected chi connectivity index (χ3v) is 6.95. The van der Waals surface area contributed by atoms with Gasteiger partial charge in [0.15, 0.2) is 5.11 Å². The van der Waals surface area contributed by atoms with E-state index in [4.69, 9.17) is 12.2 Å². The first kappa shape index (κ1) is 22.3. The van der Waals surface area contributed by atoms with Crippen LogP contribution >= 0.6 is 12.2 Å². The Morgan fingerprint density at radius 3 is 2.41 bits per heavy atom. The Labute approximate surface area is 206 Å². The number of pyridine rings is 2. The average molecular weight is 468 g/mol. The first-order valence-corrected chi connectivity index (χ1v) is 12.1. The van der Waals surface area contributed by atoms with Gasteiger partial charge in [-0.15, -0.1) is 0 Å². The van der Waals surface area contributed by atoms with Gasteiger partial charge >= 0.3 is 0 Å². The Kier molecular flexibility index (Phi) is 5.92. The zero-order valence-corrected chi connectivity index (χ0v) is 20.8. The minimum atomic E-state index is -0.0704. The number of rotatable bonds is 5. The highest BCUT2D eigenvalue weighted by Gasteiger charge is 2.42. The first-order chi connectivity index (χ1) is 16.5. The van der Waals surface area contributed by atoms with Gasteiger partial charge in [-0.05, 0) is 98.6 Å². The Morgan fingerprint density at radius 1 is 0.941 bits per heavy atom. The van der Waals surface area contributed by atoms with Crippen LogP contribution in [-0.4, -0.2) is 19.6 Å². The monoisotopic (exact) mass is 467 g/mol. The Morgan fingerprint density at radius 2 is 1.74 bits per heavy atom. The van der Waals surface area contributed by atoms with Crippen LogP contribution in [0, 0.1) is 20.8 Å². The highest BCUT2D eigenvalue weighted by molar-refractivity contribution is 7.80. The number of hydrogen-bond donors (Lipinski definition) is 1. The second kappa shape index (κ2) is 9.03. The molecular weight excluding hydrogens is 438 g/mol. The molecule has 5 nitrogen and oxygen atoms in total. The number of aromatic nitrogens is 3. The summed E-state index contributed by atoms with van der Waals surface area (Å²) in [5, 5.41) is 4.28. The molecule has 1 N–H and O–H groups in total. The minimum absolute atomic E-state index is 0.0420. The number of benzene rings is 1.